The first-order valence-corrected chi connectivity index (χ1v) is 10.3. The van der Waals surface area contributed by atoms with Crippen LogP contribution in [0.3, 0.4) is 0 Å². The van der Waals surface area contributed by atoms with Gasteiger partial charge in [-0.3, -0.25) is 9.69 Å². The van der Waals surface area contributed by atoms with E-state index < -0.39 is 0 Å². The Morgan fingerprint density at radius 2 is 1.79 bits per heavy atom. The minimum Gasteiger partial charge on any atom is -0.376 e. The van der Waals surface area contributed by atoms with Crippen molar-refractivity contribution >= 4 is 5.91 Å². The molecular formula is C22H31N5O. The van der Waals surface area contributed by atoms with E-state index in [1.165, 1.54) is 5.56 Å². The summed E-state index contributed by atoms with van der Waals surface area (Å²) in [6, 6.07) is 12.7. The van der Waals surface area contributed by atoms with Crippen LogP contribution in [-0.2, 0) is 11.2 Å². The van der Waals surface area contributed by atoms with Crippen LogP contribution in [0.5, 0.6) is 0 Å². The molecule has 2 aliphatic rings. The first-order chi connectivity index (χ1) is 13.7. The van der Waals surface area contributed by atoms with Gasteiger partial charge in [0.15, 0.2) is 0 Å². The number of hydrogen-bond donors (Lipinski definition) is 1. The molecule has 0 spiro atoms. The molecule has 0 radical (unpaired) electrons. The number of amides is 1. The van der Waals surface area contributed by atoms with Crippen LogP contribution in [0.25, 0.3) is 0 Å². The minimum atomic E-state index is -0.138. The van der Waals surface area contributed by atoms with Crippen molar-refractivity contribution in [2.75, 3.05) is 52.4 Å². The van der Waals surface area contributed by atoms with Crippen molar-refractivity contribution < 1.29 is 4.79 Å². The first kappa shape index (κ1) is 20.4. The fraction of sp³-hybridized carbons (Fsp3) is 0.545. The highest BCUT2D eigenvalue weighted by atomic mass is 16.2. The van der Waals surface area contributed by atoms with E-state index in [1.807, 2.05) is 0 Å². The number of carbonyl (C=O) groups excluding carboxylic acids is 1. The molecule has 1 amide bonds. The Morgan fingerprint density at radius 1 is 1.11 bits per heavy atom. The molecule has 0 saturated carbocycles. The van der Waals surface area contributed by atoms with Gasteiger partial charge in [-0.2, -0.15) is 5.26 Å². The maximum absolute atomic E-state index is 12.7. The fourth-order valence-corrected chi connectivity index (χ4v) is 4.08. The van der Waals surface area contributed by atoms with Crippen LogP contribution in [0.2, 0.25) is 0 Å². The molecule has 0 atom stereocenters. The highest BCUT2D eigenvalue weighted by molar-refractivity contribution is 5.97. The van der Waals surface area contributed by atoms with E-state index in [9.17, 15) is 10.1 Å². The second-order valence-corrected chi connectivity index (χ2v) is 7.75. The van der Waals surface area contributed by atoms with E-state index in [0.717, 1.165) is 52.0 Å². The predicted octanol–water partition coefficient (Wildman–Crippen LogP) is 1.45. The van der Waals surface area contributed by atoms with Crippen LogP contribution >= 0.6 is 0 Å². The highest BCUT2D eigenvalue weighted by Crippen LogP contribution is 2.22. The van der Waals surface area contributed by atoms with Crippen molar-refractivity contribution in [2.45, 2.75) is 19.3 Å². The second kappa shape index (κ2) is 10.3. The molecule has 0 bridgehead atoms. The summed E-state index contributed by atoms with van der Waals surface area (Å²) in [6.45, 7) is 6.28. The van der Waals surface area contributed by atoms with Gasteiger partial charge in [-0.05, 0) is 30.7 Å². The maximum atomic E-state index is 12.7. The van der Waals surface area contributed by atoms with Crippen LogP contribution in [0.1, 0.15) is 18.4 Å². The average Bonchev–Trinajstić information content (AvgIpc) is 2.74. The zero-order chi connectivity index (χ0) is 19.8. The van der Waals surface area contributed by atoms with E-state index in [2.05, 4.69) is 46.2 Å². The minimum absolute atomic E-state index is 0.138. The molecule has 2 aliphatic heterocycles. The molecule has 0 unspecified atom stereocenters. The molecule has 6 heteroatoms. The summed E-state index contributed by atoms with van der Waals surface area (Å²) in [7, 11) is 0. The number of rotatable bonds is 6. The third kappa shape index (κ3) is 5.57. The topological polar surface area (TPSA) is 76.6 Å². The molecule has 2 N–H and O–H groups in total. The molecule has 0 aliphatic carbocycles. The summed E-state index contributed by atoms with van der Waals surface area (Å²) in [6.07, 6.45) is 5.08. The Balaban J connectivity index is 1.50. The van der Waals surface area contributed by atoms with Crippen LogP contribution in [0.15, 0.2) is 42.1 Å². The molecule has 3 rings (SSSR count). The van der Waals surface area contributed by atoms with Crippen molar-refractivity contribution in [1.29, 1.82) is 5.26 Å². The summed E-state index contributed by atoms with van der Waals surface area (Å²) >= 11 is 0. The smallest absolute Gasteiger partial charge is 0.266 e. The molecular weight excluding hydrogens is 350 g/mol. The van der Waals surface area contributed by atoms with E-state index in [1.54, 1.807) is 11.1 Å². The lowest BCUT2D eigenvalue weighted by Gasteiger charge is -2.35. The third-order valence-electron chi connectivity index (χ3n) is 5.78. The van der Waals surface area contributed by atoms with E-state index in [0.29, 0.717) is 25.6 Å². The van der Waals surface area contributed by atoms with Crippen molar-refractivity contribution in [3.8, 4) is 6.07 Å². The second-order valence-electron chi connectivity index (χ2n) is 7.75. The third-order valence-corrected chi connectivity index (χ3v) is 5.78. The Hall–Kier alpha value is -2.36. The molecule has 6 nitrogen and oxygen atoms in total. The van der Waals surface area contributed by atoms with Gasteiger partial charge in [-0.15, -0.1) is 0 Å². The van der Waals surface area contributed by atoms with Gasteiger partial charge in [-0.1, -0.05) is 30.3 Å². The molecule has 1 aromatic rings. The number of likely N-dealkylation sites (tertiary alicyclic amines) is 1. The Morgan fingerprint density at radius 3 is 2.39 bits per heavy atom. The number of piperazine rings is 1. The molecule has 2 heterocycles. The summed E-state index contributed by atoms with van der Waals surface area (Å²) < 4.78 is 0. The summed E-state index contributed by atoms with van der Waals surface area (Å²) in [5, 5.41) is 9.52. The molecule has 0 aromatic heterocycles. The number of carbonyl (C=O) groups is 1. The normalized spacial score (nSPS) is 19.5. The lowest BCUT2D eigenvalue weighted by Crippen LogP contribution is -2.50. The van der Waals surface area contributed by atoms with Crippen molar-refractivity contribution in [2.24, 2.45) is 11.7 Å². The molecule has 1 aromatic carbocycles. The number of nitrogens with zero attached hydrogens (tertiary/aromatic N) is 4. The van der Waals surface area contributed by atoms with Gasteiger partial charge in [0.05, 0.1) is 0 Å². The van der Waals surface area contributed by atoms with Gasteiger partial charge in [0.25, 0.3) is 5.91 Å². The zero-order valence-corrected chi connectivity index (χ0v) is 16.6. The first-order valence-electron chi connectivity index (χ1n) is 10.3. The molecule has 2 fully saturated rings. The van der Waals surface area contributed by atoms with Crippen molar-refractivity contribution in [1.82, 2.24) is 14.7 Å². The van der Waals surface area contributed by atoms with Crippen LogP contribution < -0.4 is 5.73 Å². The average molecular weight is 382 g/mol. The lowest BCUT2D eigenvalue weighted by molar-refractivity contribution is -0.128. The van der Waals surface area contributed by atoms with Gasteiger partial charge >= 0.3 is 0 Å². The lowest BCUT2D eigenvalue weighted by atomic mass is 9.90. The van der Waals surface area contributed by atoms with Crippen LogP contribution in [-0.4, -0.2) is 73.0 Å². The van der Waals surface area contributed by atoms with E-state index in [4.69, 9.17) is 5.73 Å². The van der Waals surface area contributed by atoms with Crippen molar-refractivity contribution in [3.63, 3.8) is 0 Å². The Kier molecular flexibility index (Phi) is 7.46. The SMILES string of the molecule is N#C/C(=C/N1CCC(Cc2ccccc2)CC1)C(=O)N1CCN(CCN)CC1. The number of hydrogen-bond acceptors (Lipinski definition) is 5. The monoisotopic (exact) mass is 381 g/mol. The Labute approximate surface area is 168 Å². The Bertz CT molecular complexity index is 695. The van der Waals surface area contributed by atoms with Crippen LogP contribution in [0.4, 0.5) is 0 Å². The van der Waals surface area contributed by atoms with Gasteiger partial charge in [0.1, 0.15) is 11.6 Å². The summed E-state index contributed by atoms with van der Waals surface area (Å²) in [5.41, 5.74) is 7.25. The van der Waals surface area contributed by atoms with E-state index in [-0.39, 0.29) is 11.5 Å². The maximum Gasteiger partial charge on any atom is 0.266 e. The standard InChI is InChI=1S/C22H31N5O/c23-8-11-25-12-14-27(15-13-25)22(28)21(17-24)18-26-9-6-20(7-10-26)16-19-4-2-1-3-5-19/h1-5,18,20H,6-16,23H2/b21-18-. The summed E-state index contributed by atoms with van der Waals surface area (Å²) in [4.78, 5) is 18.9. The van der Waals surface area contributed by atoms with Crippen molar-refractivity contribution in [3.05, 3.63) is 47.7 Å². The van der Waals surface area contributed by atoms with Crippen LogP contribution in [0, 0.1) is 17.2 Å². The van der Waals surface area contributed by atoms with Gasteiger partial charge in [0, 0.05) is 58.6 Å². The quantitative estimate of drug-likeness (QED) is 0.596. The number of nitriles is 1. The number of nitrogens with two attached hydrogens (primary N) is 1. The fourth-order valence-electron chi connectivity index (χ4n) is 4.08. The van der Waals surface area contributed by atoms with Gasteiger partial charge in [-0.25, -0.2) is 0 Å². The molecule has 150 valence electrons. The number of benzene rings is 1. The summed E-state index contributed by atoms with van der Waals surface area (Å²) in [5.74, 6) is 0.533. The number of piperidine rings is 1. The van der Waals surface area contributed by atoms with Gasteiger partial charge in [0.2, 0.25) is 0 Å². The van der Waals surface area contributed by atoms with Gasteiger partial charge < -0.3 is 15.5 Å². The predicted molar refractivity (Wildman–Crippen MR) is 110 cm³/mol. The molecule has 28 heavy (non-hydrogen) atoms. The van der Waals surface area contributed by atoms with E-state index >= 15 is 0 Å². The zero-order valence-electron chi connectivity index (χ0n) is 16.6. The molecule has 2 saturated heterocycles. The largest absolute Gasteiger partial charge is 0.376 e. The highest BCUT2D eigenvalue weighted by Gasteiger charge is 2.25.